The van der Waals surface area contributed by atoms with Crippen molar-refractivity contribution in [2.45, 2.75) is 67.5 Å². The first-order chi connectivity index (χ1) is 10.8. The van der Waals surface area contributed by atoms with E-state index in [0.29, 0.717) is 6.04 Å². The average Bonchev–Trinajstić information content (AvgIpc) is 2.95. The minimum absolute atomic E-state index is 0.286. The lowest BCUT2D eigenvalue weighted by Gasteiger charge is -2.36. The second-order valence-electron chi connectivity index (χ2n) is 6.06. The second-order valence-corrected chi connectivity index (χ2v) is 8.20. The fraction of sp³-hybridized carbons (Fsp3) is 0.647. The summed E-state index contributed by atoms with van der Waals surface area (Å²) in [6.45, 7) is 3.00. The molecule has 2 aliphatic rings. The second kappa shape index (κ2) is 7.84. The molecule has 1 aliphatic carbocycles. The van der Waals surface area contributed by atoms with Crippen molar-refractivity contribution in [2.75, 3.05) is 11.5 Å². The van der Waals surface area contributed by atoms with Gasteiger partial charge in [0, 0.05) is 10.9 Å². The van der Waals surface area contributed by atoms with E-state index in [9.17, 15) is 0 Å². The first-order valence-corrected chi connectivity index (χ1v) is 10.2. The summed E-state index contributed by atoms with van der Waals surface area (Å²) in [7, 11) is 0. The molecule has 0 bridgehead atoms. The minimum Gasteiger partial charge on any atom is -0.491 e. The summed E-state index contributed by atoms with van der Waals surface area (Å²) in [5.74, 6) is 1.04. The van der Waals surface area contributed by atoms with Gasteiger partial charge in [-0.2, -0.15) is 0 Å². The number of unbranched alkanes of at least 4 members (excludes halogenated alkanes) is 1. The van der Waals surface area contributed by atoms with Crippen LogP contribution in [0.2, 0.25) is 0 Å². The molecule has 2 N–H and O–H groups in total. The number of benzene rings is 1. The molecule has 1 saturated carbocycles. The zero-order chi connectivity index (χ0) is 15.4. The first-order valence-electron chi connectivity index (χ1n) is 8.41. The van der Waals surface area contributed by atoms with Gasteiger partial charge >= 0.3 is 0 Å². The maximum Gasteiger partial charge on any atom is 0.143 e. The van der Waals surface area contributed by atoms with Gasteiger partial charge in [0.1, 0.15) is 10.5 Å². The maximum absolute atomic E-state index is 6.10. The van der Waals surface area contributed by atoms with Gasteiger partial charge < -0.3 is 9.64 Å². The number of ether oxygens (including phenoxy) is 1. The predicted molar refractivity (Wildman–Crippen MR) is 97.6 cm³/mol. The van der Waals surface area contributed by atoms with Crippen molar-refractivity contribution in [3.05, 3.63) is 18.2 Å². The predicted octanol–water partition coefficient (Wildman–Crippen LogP) is 5.00. The van der Waals surface area contributed by atoms with Gasteiger partial charge in [0.05, 0.1) is 12.3 Å². The lowest BCUT2D eigenvalue weighted by Crippen LogP contribution is -2.40. The van der Waals surface area contributed by atoms with E-state index in [1.807, 2.05) is 11.8 Å². The van der Waals surface area contributed by atoms with Crippen LogP contribution in [0.15, 0.2) is 23.1 Å². The highest BCUT2D eigenvalue weighted by Crippen LogP contribution is 2.53. The lowest BCUT2D eigenvalue weighted by molar-refractivity contribution is 0.307. The highest BCUT2D eigenvalue weighted by atomic mass is 32.2. The monoisotopic (exact) mass is 338 g/mol. The third kappa shape index (κ3) is 3.36. The van der Waals surface area contributed by atoms with Gasteiger partial charge in [0.15, 0.2) is 0 Å². The number of nitrogens with two attached hydrogens (primary N) is 1. The van der Waals surface area contributed by atoms with Crippen molar-refractivity contribution < 1.29 is 4.74 Å². The van der Waals surface area contributed by atoms with Crippen molar-refractivity contribution in [3.8, 4) is 5.75 Å². The van der Waals surface area contributed by atoms with Crippen LogP contribution >= 0.6 is 23.7 Å². The van der Waals surface area contributed by atoms with Gasteiger partial charge in [-0.05, 0) is 43.3 Å². The minimum atomic E-state index is 0.286. The summed E-state index contributed by atoms with van der Waals surface area (Å²) in [6.07, 6.45) is 8.87. The van der Waals surface area contributed by atoms with Gasteiger partial charge in [0.25, 0.3) is 0 Å². The molecule has 1 atom stereocenters. The van der Waals surface area contributed by atoms with Crippen LogP contribution in [0.5, 0.6) is 5.75 Å². The number of rotatable bonds is 6. The summed E-state index contributed by atoms with van der Waals surface area (Å²) < 4.78 is 6.38. The molecule has 22 heavy (non-hydrogen) atoms. The van der Waals surface area contributed by atoms with Crippen LogP contribution < -0.4 is 14.8 Å². The molecule has 5 heteroatoms. The first kappa shape index (κ1) is 16.3. The van der Waals surface area contributed by atoms with Gasteiger partial charge in [-0.1, -0.05) is 50.4 Å². The molecular formula is C17H26N2OS2. The van der Waals surface area contributed by atoms with Crippen LogP contribution in [0.1, 0.15) is 51.9 Å². The fourth-order valence-corrected chi connectivity index (χ4v) is 5.40. The molecule has 0 saturated heterocycles. The molecule has 0 radical (unpaired) electrons. The van der Waals surface area contributed by atoms with E-state index < -0.39 is 0 Å². The molecule has 1 aromatic rings. The van der Waals surface area contributed by atoms with Crippen molar-refractivity contribution in [1.82, 2.24) is 0 Å². The van der Waals surface area contributed by atoms with Gasteiger partial charge in [-0.15, -0.1) is 0 Å². The Morgan fingerprint density at radius 2 is 2.14 bits per heavy atom. The summed E-state index contributed by atoms with van der Waals surface area (Å²) in [5.41, 5.74) is 1.29. The molecule has 0 amide bonds. The molecule has 1 fully saturated rings. The molecule has 0 aromatic heterocycles. The Bertz CT molecular complexity index is 492. The van der Waals surface area contributed by atoms with E-state index in [1.165, 1.54) is 54.6 Å². The number of fused-ring (bicyclic) bond motifs is 1. The average molecular weight is 339 g/mol. The Kier molecular flexibility index (Phi) is 5.83. The molecule has 0 spiro atoms. The standard InChI is InChI=1S/C17H26N2OS2/c1-2-3-12-20-14-10-7-11-15-16(14)19(17(21-15)22-18)13-8-5-4-6-9-13/h7,10-11,13,17H,2-6,8-9,12,18H2,1H3. The van der Waals surface area contributed by atoms with Crippen LogP contribution in [0, 0.1) is 0 Å². The number of anilines is 1. The molecule has 3 nitrogen and oxygen atoms in total. The van der Waals surface area contributed by atoms with E-state index in [4.69, 9.17) is 9.88 Å². The van der Waals surface area contributed by atoms with E-state index in [0.717, 1.165) is 25.2 Å². The summed E-state index contributed by atoms with van der Waals surface area (Å²) in [6, 6.07) is 7.04. The summed E-state index contributed by atoms with van der Waals surface area (Å²) >= 11 is 3.34. The topological polar surface area (TPSA) is 38.5 Å². The molecular weight excluding hydrogens is 312 g/mol. The molecule has 1 aliphatic heterocycles. The lowest BCUT2D eigenvalue weighted by atomic mass is 9.94. The molecule has 3 rings (SSSR count). The number of nitrogens with zero attached hydrogens (tertiary/aromatic N) is 1. The van der Waals surface area contributed by atoms with E-state index >= 15 is 0 Å². The normalized spacial score (nSPS) is 21.9. The Balaban J connectivity index is 1.86. The Morgan fingerprint density at radius 1 is 1.32 bits per heavy atom. The Hall–Kier alpha value is -0.520. The van der Waals surface area contributed by atoms with Gasteiger partial charge in [-0.3, -0.25) is 5.14 Å². The molecule has 1 aromatic carbocycles. The zero-order valence-electron chi connectivity index (χ0n) is 13.3. The number of hydrogen-bond acceptors (Lipinski definition) is 5. The van der Waals surface area contributed by atoms with Crippen LogP contribution in [0.4, 0.5) is 5.69 Å². The van der Waals surface area contributed by atoms with Crippen LogP contribution in [0.25, 0.3) is 0 Å². The van der Waals surface area contributed by atoms with E-state index in [1.54, 1.807) is 0 Å². The Morgan fingerprint density at radius 3 is 2.86 bits per heavy atom. The highest BCUT2D eigenvalue weighted by molar-refractivity contribution is 8.16. The highest BCUT2D eigenvalue weighted by Gasteiger charge is 2.37. The number of hydrogen-bond donors (Lipinski definition) is 1. The number of thioether (sulfide) groups is 1. The third-order valence-corrected chi connectivity index (χ3v) is 6.61. The van der Waals surface area contributed by atoms with Crippen LogP contribution in [-0.4, -0.2) is 17.4 Å². The van der Waals surface area contributed by atoms with Crippen LogP contribution in [-0.2, 0) is 0 Å². The number of para-hydroxylation sites is 1. The largest absolute Gasteiger partial charge is 0.491 e. The fourth-order valence-electron chi connectivity index (χ4n) is 3.37. The smallest absolute Gasteiger partial charge is 0.143 e. The molecule has 122 valence electrons. The summed E-state index contributed by atoms with van der Waals surface area (Å²) in [4.78, 5) is 3.87. The van der Waals surface area contributed by atoms with Crippen molar-refractivity contribution in [3.63, 3.8) is 0 Å². The van der Waals surface area contributed by atoms with E-state index in [2.05, 4.69) is 30.0 Å². The van der Waals surface area contributed by atoms with E-state index in [-0.39, 0.29) is 4.71 Å². The van der Waals surface area contributed by atoms with Crippen molar-refractivity contribution in [1.29, 1.82) is 0 Å². The Labute approximate surface area is 142 Å². The van der Waals surface area contributed by atoms with Crippen molar-refractivity contribution in [2.24, 2.45) is 5.14 Å². The maximum atomic E-state index is 6.10. The third-order valence-electron chi connectivity index (χ3n) is 4.52. The summed E-state index contributed by atoms with van der Waals surface area (Å²) in [5, 5.41) is 6.00. The van der Waals surface area contributed by atoms with Gasteiger partial charge in [-0.25, -0.2) is 0 Å². The van der Waals surface area contributed by atoms with Crippen LogP contribution in [0.3, 0.4) is 0 Å². The molecule has 1 unspecified atom stereocenters. The quantitative estimate of drug-likeness (QED) is 0.583. The van der Waals surface area contributed by atoms with Gasteiger partial charge in [0.2, 0.25) is 0 Å². The molecule has 1 heterocycles. The SMILES string of the molecule is CCCCOc1cccc2c1N(C1CCCCC1)C(SN)S2. The van der Waals surface area contributed by atoms with Crippen molar-refractivity contribution >= 4 is 29.4 Å². The zero-order valence-corrected chi connectivity index (χ0v) is 14.9.